The number of benzene rings is 1. The molecule has 0 radical (unpaired) electrons. The molecule has 3 nitrogen and oxygen atoms in total. The maximum Gasteiger partial charge on any atom is 0.255 e. The molecule has 0 aliphatic heterocycles. The fraction of sp³-hybridized carbons (Fsp3) is 0.562. The third-order valence-corrected chi connectivity index (χ3v) is 3.94. The van der Waals surface area contributed by atoms with Crippen molar-refractivity contribution in [3.05, 3.63) is 29.8 Å². The first-order valence-electron chi connectivity index (χ1n) is 7.15. The Balaban J connectivity index is 2.10. The summed E-state index contributed by atoms with van der Waals surface area (Å²) in [5, 5.41) is 3.56. The Morgan fingerprint density at radius 1 is 1.16 bits per heavy atom. The lowest BCUT2D eigenvalue weighted by Gasteiger charge is -2.28. The number of carbonyl (C=O) groups is 1. The molecule has 3 heteroatoms. The lowest BCUT2D eigenvalue weighted by atomic mass is 9.87. The Labute approximate surface area is 116 Å². The zero-order valence-electron chi connectivity index (χ0n) is 12.1. The van der Waals surface area contributed by atoms with Gasteiger partial charge in [-0.05, 0) is 43.7 Å². The summed E-state index contributed by atoms with van der Waals surface area (Å²) in [6.45, 7) is 2.32. The highest BCUT2D eigenvalue weighted by atomic mass is 16.2. The molecular weight excluding hydrogens is 236 g/mol. The zero-order chi connectivity index (χ0) is 13.8. The standard InChI is InChI=1S/C16H24N2O/c1-12-8-10-13(11-9-12)17-15-7-5-4-6-14(15)16(19)18(2)3/h4-7,12-13,17H,8-11H2,1-3H3. The quantitative estimate of drug-likeness (QED) is 0.903. The Morgan fingerprint density at radius 2 is 1.79 bits per heavy atom. The lowest BCUT2D eigenvalue weighted by molar-refractivity contribution is 0.0828. The van der Waals surface area contributed by atoms with Crippen molar-refractivity contribution in [1.82, 2.24) is 4.90 Å². The fourth-order valence-corrected chi connectivity index (χ4v) is 2.66. The van der Waals surface area contributed by atoms with E-state index in [0.29, 0.717) is 6.04 Å². The SMILES string of the molecule is CC1CCC(Nc2ccccc2C(=O)N(C)C)CC1. The van der Waals surface area contributed by atoms with Crippen LogP contribution < -0.4 is 5.32 Å². The molecule has 0 aromatic heterocycles. The molecule has 1 aliphatic carbocycles. The third kappa shape index (κ3) is 3.49. The molecule has 0 heterocycles. The molecule has 1 N–H and O–H groups in total. The molecule has 0 saturated heterocycles. The number of carbonyl (C=O) groups excluding carboxylic acids is 1. The number of nitrogens with one attached hydrogen (secondary N) is 1. The fourth-order valence-electron chi connectivity index (χ4n) is 2.66. The maximum atomic E-state index is 12.1. The summed E-state index contributed by atoms with van der Waals surface area (Å²) in [4.78, 5) is 13.8. The molecular formula is C16H24N2O. The van der Waals surface area contributed by atoms with Gasteiger partial charge in [-0.2, -0.15) is 0 Å². The van der Waals surface area contributed by atoms with Crippen LogP contribution in [0.2, 0.25) is 0 Å². The second-order valence-electron chi connectivity index (χ2n) is 5.85. The minimum atomic E-state index is 0.0623. The first-order valence-corrected chi connectivity index (χ1v) is 7.15. The number of anilines is 1. The van der Waals surface area contributed by atoms with Crippen LogP contribution in [0.4, 0.5) is 5.69 Å². The van der Waals surface area contributed by atoms with E-state index in [1.165, 1.54) is 25.7 Å². The number of nitrogens with zero attached hydrogens (tertiary/aromatic N) is 1. The maximum absolute atomic E-state index is 12.1. The van der Waals surface area contributed by atoms with E-state index in [1.807, 2.05) is 24.3 Å². The molecule has 0 unspecified atom stereocenters. The molecule has 19 heavy (non-hydrogen) atoms. The largest absolute Gasteiger partial charge is 0.382 e. The molecule has 1 saturated carbocycles. The second-order valence-corrected chi connectivity index (χ2v) is 5.85. The minimum absolute atomic E-state index is 0.0623. The van der Waals surface area contributed by atoms with Crippen LogP contribution in [-0.4, -0.2) is 30.9 Å². The highest BCUT2D eigenvalue weighted by Gasteiger charge is 2.20. The van der Waals surface area contributed by atoms with E-state index in [4.69, 9.17) is 0 Å². The summed E-state index contributed by atoms with van der Waals surface area (Å²) in [5.41, 5.74) is 1.74. The van der Waals surface area contributed by atoms with Crippen LogP contribution in [-0.2, 0) is 0 Å². The number of para-hydroxylation sites is 1. The summed E-state index contributed by atoms with van der Waals surface area (Å²) < 4.78 is 0. The first kappa shape index (κ1) is 13.9. The van der Waals surface area contributed by atoms with Gasteiger partial charge in [0.2, 0.25) is 0 Å². The normalized spacial score (nSPS) is 22.9. The van der Waals surface area contributed by atoms with Crippen LogP contribution >= 0.6 is 0 Å². The predicted octanol–water partition coefficient (Wildman–Crippen LogP) is 3.38. The Hall–Kier alpha value is -1.51. The molecule has 0 spiro atoms. The van der Waals surface area contributed by atoms with E-state index >= 15 is 0 Å². The van der Waals surface area contributed by atoms with Crippen molar-refractivity contribution >= 4 is 11.6 Å². The van der Waals surface area contributed by atoms with Crippen LogP contribution in [0.1, 0.15) is 43.0 Å². The number of rotatable bonds is 3. The van der Waals surface area contributed by atoms with Gasteiger partial charge in [-0.3, -0.25) is 4.79 Å². The van der Waals surface area contributed by atoms with Gasteiger partial charge < -0.3 is 10.2 Å². The summed E-state index contributed by atoms with van der Waals surface area (Å²) in [6.07, 6.45) is 4.96. The molecule has 1 aromatic rings. The first-order chi connectivity index (χ1) is 9.08. The van der Waals surface area contributed by atoms with Gasteiger partial charge in [0.15, 0.2) is 0 Å². The molecule has 1 amide bonds. The van der Waals surface area contributed by atoms with Crippen molar-refractivity contribution in [3.8, 4) is 0 Å². The highest BCUT2D eigenvalue weighted by molar-refractivity contribution is 5.99. The molecule has 1 aromatic carbocycles. The number of hydrogen-bond acceptors (Lipinski definition) is 2. The molecule has 1 fully saturated rings. The van der Waals surface area contributed by atoms with Gasteiger partial charge in [0.1, 0.15) is 0 Å². The summed E-state index contributed by atoms with van der Waals surface area (Å²) >= 11 is 0. The van der Waals surface area contributed by atoms with Crippen molar-refractivity contribution in [2.24, 2.45) is 5.92 Å². The van der Waals surface area contributed by atoms with Crippen molar-refractivity contribution in [3.63, 3.8) is 0 Å². The topological polar surface area (TPSA) is 32.3 Å². The number of amides is 1. The Bertz CT molecular complexity index is 434. The van der Waals surface area contributed by atoms with E-state index in [-0.39, 0.29) is 5.91 Å². The third-order valence-electron chi connectivity index (χ3n) is 3.94. The molecule has 2 rings (SSSR count). The van der Waals surface area contributed by atoms with Crippen LogP contribution in [0, 0.1) is 5.92 Å². The van der Waals surface area contributed by atoms with Crippen molar-refractivity contribution in [1.29, 1.82) is 0 Å². The van der Waals surface area contributed by atoms with Gasteiger partial charge >= 0.3 is 0 Å². The minimum Gasteiger partial charge on any atom is -0.382 e. The lowest BCUT2D eigenvalue weighted by Crippen LogP contribution is -2.28. The van der Waals surface area contributed by atoms with Gasteiger partial charge in [0, 0.05) is 25.8 Å². The van der Waals surface area contributed by atoms with Gasteiger partial charge in [-0.25, -0.2) is 0 Å². The predicted molar refractivity (Wildman–Crippen MR) is 79.5 cm³/mol. The summed E-state index contributed by atoms with van der Waals surface area (Å²) in [7, 11) is 3.59. The van der Waals surface area contributed by atoms with Gasteiger partial charge in [0.05, 0.1) is 5.56 Å². The second kappa shape index (κ2) is 6.09. The van der Waals surface area contributed by atoms with Crippen LogP contribution in [0.3, 0.4) is 0 Å². The molecule has 104 valence electrons. The van der Waals surface area contributed by atoms with Crippen molar-refractivity contribution in [2.45, 2.75) is 38.6 Å². The van der Waals surface area contributed by atoms with Crippen LogP contribution in [0.5, 0.6) is 0 Å². The van der Waals surface area contributed by atoms with E-state index in [2.05, 4.69) is 12.2 Å². The monoisotopic (exact) mass is 260 g/mol. The van der Waals surface area contributed by atoms with E-state index in [0.717, 1.165) is 17.2 Å². The van der Waals surface area contributed by atoms with Crippen LogP contribution in [0.15, 0.2) is 24.3 Å². The van der Waals surface area contributed by atoms with Gasteiger partial charge in [-0.1, -0.05) is 19.1 Å². The van der Waals surface area contributed by atoms with Gasteiger partial charge in [-0.15, -0.1) is 0 Å². The van der Waals surface area contributed by atoms with Crippen molar-refractivity contribution in [2.75, 3.05) is 19.4 Å². The Kier molecular flexibility index (Phi) is 4.46. The zero-order valence-corrected chi connectivity index (χ0v) is 12.1. The van der Waals surface area contributed by atoms with E-state index in [9.17, 15) is 4.79 Å². The average molecular weight is 260 g/mol. The van der Waals surface area contributed by atoms with Crippen LogP contribution in [0.25, 0.3) is 0 Å². The molecule has 0 atom stereocenters. The summed E-state index contributed by atoms with van der Waals surface area (Å²) in [5.74, 6) is 0.906. The summed E-state index contributed by atoms with van der Waals surface area (Å²) in [6, 6.07) is 8.32. The molecule has 0 bridgehead atoms. The number of hydrogen-bond donors (Lipinski definition) is 1. The highest BCUT2D eigenvalue weighted by Crippen LogP contribution is 2.27. The average Bonchev–Trinajstić information content (AvgIpc) is 2.41. The Morgan fingerprint density at radius 3 is 2.42 bits per heavy atom. The smallest absolute Gasteiger partial charge is 0.255 e. The van der Waals surface area contributed by atoms with E-state index in [1.54, 1.807) is 19.0 Å². The van der Waals surface area contributed by atoms with Crippen molar-refractivity contribution < 1.29 is 4.79 Å². The van der Waals surface area contributed by atoms with E-state index < -0.39 is 0 Å². The molecule has 1 aliphatic rings. The van der Waals surface area contributed by atoms with Gasteiger partial charge in [0.25, 0.3) is 5.91 Å².